The molecule has 0 saturated heterocycles. The molecule has 0 radical (unpaired) electrons. The van der Waals surface area contributed by atoms with Crippen LogP contribution >= 0.6 is 0 Å². The summed E-state index contributed by atoms with van der Waals surface area (Å²) in [5, 5.41) is 11.1. The summed E-state index contributed by atoms with van der Waals surface area (Å²) in [7, 11) is 0. The van der Waals surface area contributed by atoms with Gasteiger partial charge in [0, 0.05) is 6.54 Å². The van der Waals surface area contributed by atoms with Crippen LogP contribution in [-0.4, -0.2) is 19.3 Å². The summed E-state index contributed by atoms with van der Waals surface area (Å²) in [5.41, 5.74) is 0. The summed E-state index contributed by atoms with van der Waals surface area (Å²) in [4.78, 5) is 0. The van der Waals surface area contributed by atoms with Crippen molar-refractivity contribution in [1.29, 1.82) is 5.26 Å². The first kappa shape index (κ1) is 13.3. The predicted octanol–water partition coefficient (Wildman–Crippen LogP) is 2.86. The topological polar surface area (TPSA) is 35.8 Å². The molecule has 16 heavy (non-hydrogen) atoms. The third-order valence-electron chi connectivity index (χ3n) is 3.10. The fourth-order valence-corrected chi connectivity index (χ4v) is 2.09. The van der Waals surface area contributed by atoms with Crippen molar-refractivity contribution in [3.8, 4) is 6.07 Å². The average Bonchev–Trinajstić information content (AvgIpc) is 2.68. The monoisotopic (exact) mass is 234 g/mol. The number of hydrogen-bond donors (Lipinski definition) is 1. The second kappa shape index (κ2) is 6.09. The third-order valence-corrected chi connectivity index (χ3v) is 3.10. The van der Waals surface area contributed by atoms with Gasteiger partial charge in [0.25, 0.3) is 0 Å². The Morgan fingerprint density at radius 2 is 1.94 bits per heavy atom. The minimum atomic E-state index is -4.41. The van der Waals surface area contributed by atoms with Gasteiger partial charge in [0.1, 0.15) is 0 Å². The number of nitrogens with zero attached hydrogens (tertiary/aromatic N) is 1. The first-order chi connectivity index (χ1) is 7.54. The molecule has 1 aliphatic carbocycles. The molecule has 1 aliphatic rings. The van der Waals surface area contributed by atoms with Gasteiger partial charge >= 0.3 is 6.18 Å². The summed E-state index contributed by atoms with van der Waals surface area (Å²) < 4.78 is 36.6. The number of rotatable bonds is 5. The molecular weight excluding hydrogens is 217 g/mol. The molecule has 0 amide bonds. The van der Waals surface area contributed by atoms with Crippen LogP contribution in [0.5, 0.6) is 0 Å². The molecule has 1 unspecified atom stereocenters. The lowest BCUT2D eigenvalue weighted by Crippen LogP contribution is -2.33. The highest BCUT2D eigenvalue weighted by Gasteiger charge is 2.39. The molecule has 0 aromatic rings. The van der Waals surface area contributed by atoms with Gasteiger partial charge in [-0.15, -0.1) is 0 Å². The van der Waals surface area contributed by atoms with Crippen LogP contribution in [0.1, 0.15) is 32.1 Å². The summed E-state index contributed by atoms with van der Waals surface area (Å²) in [5.74, 6) is -1.21. The Bertz CT molecular complexity index is 239. The fourth-order valence-electron chi connectivity index (χ4n) is 2.09. The highest BCUT2D eigenvalue weighted by atomic mass is 19.4. The van der Waals surface area contributed by atoms with Gasteiger partial charge in [-0.25, -0.2) is 0 Å². The minimum Gasteiger partial charge on any atom is -0.315 e. The SMILES string of the molecule is N#CC(CNCCC1CCCC1)C(F)(F)F. The molecule has 0 bridgehead atoms. The second-order valence-electron chi connectivity index (χ2n) is 4.37. The summed E-state index contributed by atoms with van der Waals surface area (Å²) in [6.45, 7) is 0.297. The molecule has 5 heteroatoms. The number of halogens is 3. The van der Waals surface area contributed by atoms with Crippen LogP contribution in [0.2, 0.25) is 0 Å². The zero-order valence-corrected chi connectivity index (χ0v) is 9.19. The van der Waals surface area contributed by atoms with Crippen molar-refractivity contribution >= 4 is 0 Å². The van der Waals surface area contributed by atoms with Crippen LogP contribution in [0.15, 0.2) is 0 Å². The van der Waals surface area contributed by atoms with Gasteiger partial charge in [-0.1, -0.05) is 25.7 Å². The smallest absolute Gasteiger partial charge is 0.315 e. The number of nitrogens with one attached hydrogen (secondary N) is 1. The van der Waals surface area contributed by atoms with E-state index in [1.165, 1.54) is 31.8 Å². The number of alkyl halides is 3. The van der Waals surface area contributed by atoms with E-state index in [0.29, 0.717) is 12.5 Å². The molecule has 0 spiro atoms. The average molecular weight is 234 g/mol. The summed E-state index contributed by atoms with van der Waals surface area (Å²) in [6.07, 6.45) is 1.40. The zero-order chi connectivity index (χ0) is 12.0. The van der Waals surface area contributed by atoms with Gasteiger partial charge in [0.15, 0.2) is 5.92 Å². The molecule has 1 fully saturated rings. The van der Waals surface area contributed by atoms with Gasteiger partial charge in [0.05, 0.1) is 6.07 Å². The molecular formula is C11H17F3N2. The molecule has 0 aliphatic heterocycles. The van der Waals surface area contributed by atoms with E-state index in [1.807, 2.05) is 0 Å². The Kier molecular flexibility index (Phi) is 5.07. The van der Waals surface area contributed by atoms with Crippen LogP contribution < -0.4 is 5.32 Å². The van der Waals surface area contributed by atoms with E-state index in [-0.39, 0.29) is 6.54 Å². The molecule has 92 valence electrons. The Balaban J connectivity index is 2.12. The van der Waals surface area contributed by atoms with E-state index in [9.17, 15) is 13.2 Å². The highest BCUT2D eigenvalue weighted by molar-refractivity contribution is 4.89. The minimum absolute atomic E-state index is 0.285. The van der Waals surface area contributed by atoms with E-state index in [4.69, 9.17) is 5.26 Å². The second-order valence-corrected chi connectivity index (χ2v) is 4.37. The first-order valence-corrected chi connectivity index (χ1v) is 5.71. The largest absolute Gasteiger partial charge is 0.405 e. The standard InChI is InChI=1S/C11H17F3N2/c12-11(13,14)10(7-15)8-16-6-5-9-3-1-2-4-9/h9-10,16H,1-6,8H2. The Hall–Kier alpha value is -0.760. The van der Waals surface area contributed by atoms with Crippen molar-refractivity contribution in [1.82, 2.24) is 5.32 Å². The third kappa shape index (κ3) is 4.40. The normalized spacial score (nSPS) is 19.6. The lowest BCUT2D eigenvalue weighted by Gasteiger charge is -2.15. The number of hydrogen-bond acceptors (Lipinski definition) is 2. The zero-order valence-electron chi connectivity index (χ0n) is 9.19. The maximum atomic E-state index is 12.2. The van der Waals surface area contributed by atoms with Gasteiger partial charge in [-0.2, -0.15) is 18.4 Å². The molecule has 1 saturated carbocycles. The molecule has 1 atom stereocenters. The van der Waals surface area contributed by atoms with Crippen LogP contribution in [-0.2, 0) is 0 Å². The van der Waals surface area contributed by atoms with Crippen molar-refractivity contribution in [2.45, 2.75) is 38.3 Å². The Morgan fingerprint density at radius 1 is 1.31 bits per heavy atom. The molecule has 2 nitrogen and oxygen atoms in total. The van der Waals surface area contributed by atoms with E-state index >= 15 is 0 Å². The predicted molar refractivity (Wildman–Crippen MR) is 54.6 cm³/mol. The molecule has 1 rings (SSSR count). The highest BCUT2D eigenvalue weighted by Crippen LogP contribution is 2.27. The van der Waals surface area contributed by atoms with Crippen molar-refractivity contribution in [3.05, 3.63) is 0 Å². The fraction of sp³-hybridized carbons (Fsp3) is 0.909. The van der Waals surface area contributed by atoms with Crippen molar-refractivity contribution in [2.75, 3.05) is 13.1 Å². The molecule has 1 N–H and O–H groups in total. The van der Waals surface area contributed by atoms with Crippen LogP contribution in [0.4, 0.5) is 13.2 Å². The van der Waals surface area contributed by atoms with Crippen molar-refractivity contribution < 1.29 is 13.2 Å². The van der Waals surface area contributed by atoms with Gasteiger partial charge in [-0.3, -0.25) is 0 Å². The van der Waals surface area contributed by atoms with Crippen molar-refractivity contribution in [3.63, 3.8) is 0 Å². The van der Waals surface area contributed by atoms with E-state index in [1.54, 1.807) is 0 Å². The molecule has 0 aromatic heterocycles. The summed E-state index contributed by atoms with van der Waals surface area (Å²) in [6, 6.07) is 1.28. The lowest BCUT2D eigenvalue weighted by atomic mass is 10.0. The van der Waals surface area contributed by atoms with Gasteiger partial charge < -0.3 is 5.32 Å². The maximum Gasteiger partial charge on any atom is 0.405 e. The van der Waals surface area contributed by atoms with Crippen LogP contribution in [0.3, 0.4) is 0 Å². The molecule has 0 heterocycles. The van der Waals surface area contributed by atoms with E-state index in [2.05, 4.69) is 5.32 Å². The Labute approximate surface area is 93.8 Å². The van der Waals surface area contributed by atoms with Crippen molar-refractivity contribution in [2.24, 2.45) is 11.8 Å². The summed E-state index contributed by atoms with van der Waals surface area (Å²) >= 11 is 0. The van der Waals surface area contributed by atoms with Crippen LogP contribution in [0, 0.1) is 23.2 Å². The van der Waals surface area contributed by atoms with E-state index in [0.717, 1.165) is 6.42 Å². The number of nitriles is 1. The Morgan fingerprint density at radius 3 is 2.44 bits per heavy atom. The molecule has 0 aromatic carbocycles. The lowest BCUT2D eigenvalue weighted by molar-refractivity contribution is -0.157. The quantitative estimate of drug-likeness (QED) is 0.742. The van der Waals surface area contributed by atoms with E-state index < -0.39 is 12.1 Å². The van der Waals surface area contributed by atoms with Crippen LogP contribution in [0.25, 0.3) is 0 Å². The van der Waals surface area contributed by atoms with Gasteiger partial charge in [0.2, 0.25) is 0 Å². The maximum absolute atomic E-state index is 12.2. The van der Waals surface area contributed by atoms with Gasteiger partial charge in [-0.05, 0) is 18.9 Å². The first-order valence-electron chi connectivity index (χ1n) is 5.71.